The van der Waals surface area contributed by atoms with E-state index in [0.717, 1.165) is 13.1 Å². The molecule has 3 nitrogen and oxygen atoms in total. The number of hydrogen-bond donors (Lipinski definition) is 1. The van der Waals surface area contributed by atoms with Gasteiger partial charge >= 0.3 is 5.97 Å². The Kier molecular flexibility index (Phi) is 1.89. The van der Waals surface area contributed by atoms with Crippen LogP contribution in [0, 0.1) is 11.8 Å². The Balaban J connectivity index is 1.92. The van der Waals surface area contributed by atoms with E-state index in [1.807, 2.05) is 4.90 Å². The van der Waals surface area contributed by atoms with Crippen molar-refractivity contribution in [3.05, 3.63) is 12.2 Å². The van der Waals surface area contributed by atoms with E-state index in [2.05, 4.69) is 12.2 Å². The van der Waals surface area contributed by atoms with Gasteiger partial charge in [-0.1, -0.05) is 12.2 Å². The number of carbonyl (C=O) groups is 1. The molecule has 3 heteroatoms. The minimum atomic E-state index is -0.712. The average Bonchev–Trinajstić information content (AvgIpc) is 2.29. The number of aliphatic carboxylic acids is 1. The van der Waals surface area contributed by atoms with Gasteiger partial charge in [0.1, 0.15) is 0 Å². The van der Waals surface area contributed by atoms with Crippen molar-refractivity contribution in [1.82, 2.24) is 4.90 Å². The summed E-state index contributed by atoms with van der Waals surface area (Å²) in [6, 6.07) is 0. The molecule has 0 aromatic carbocycles. The zero-order chi connectivity index (χ0) is 8.55. The van der Waals surface area contributed by atoms with E-state index in [1.165, 1.54) is 6.42 Å². The number of rotatable bonds is 2. The van der Waals surface area contributed by atoms with Crippen LogP contribution >= 0.6 is 0 Å². The van der Waals surface area contributed by atoms with Crippen LogP contribution in [0.15, 0.2) is 12.2 Å². The fourth-order valence-electron chi connectivity index (χ4n) is 2.19. The van der Waals surface area contributed by atoms with Crippen molar-refractivity contribution in [2.45, 2.75) is 6.42 Å². The van der Waals surface area contributed by atoms with E-state index in [9.17, 15) is 4.79 Å². The topological polar surface area (TPSA) is 40.5 Å². The molecule has 1 fully saturated rings. The van der Waals surface area contributed by atoms with E-state index in [4.69, 9.17) is 5.11 Å². The van der Waals surface area contributed by atoms with Crippen LogP contribution < -0.4 is 0 Å². The second-order valence-corrected chi connectivity index (χ2v) is 3.73. The van der Waals surface area contributed by atoms with Crippen molar-refractivity contribution < 1.29 is 9.90 Å². The van der Waals surface area contributed by atoms with Gasteiger partial charge < -0.3 is 5.11 Å². The molecule has 0 saturated carbocycles. The molecule has 1 N–H and O–H groups in total. The van der Waals surface area contributed by atoms with Crippen LogP contribution in [0.5, 0.6) is 0 Å². The van der Waals surface area contributed by atoms with Crippen LogP contribution in [0.3, 0.4) is 0 Å². The number of fused-ring (bicyclic) bond motifs is 2. The smallest absolute Gasteiger partial charge is 0.317 e. The molecule has 2 aliphatic rings. The predicted octanol–water partition coefficient (Wildman–Crippen LogP) is 0.579. The molecule has 2 atom stereocenters. The first-order chi connectivity index (χ1) is 5.74. The molecule has 0 aromatic heterocycles. The van der Waals surface area contributed by atoms with Crippen LogP contribution in [0.2, 0.25) is 0 Å². The molecule has 0 radical (unpaired) electrons. The second-order valence-electron chi connectivity index (χ2n) is 3.73. The molecule has 0 aromatic rings. The van der Waals surface area contributed by atoms with Gasteiger partial charge in [0.25, 0.3) is 0 Å². The van der Waals surface area contributed by atoms with E-state index in [0.29, 0.717) is 11.8 Å². The number of nitrogens with zero attached hydrogens (tertiary/aromatic N) is 1. The summed E-state index contributed by atoms with van der Waals surface area (Å²) in [5.41, 5.74) is 0. The fraction of sp³-hybridized carbons (Fsp3) is 0.667. The highest BCUT2D eigenvalue weighted by Crippen LogP contribution is 2.29. The van der Waals surface area contributed by atoms with E-state index >= 15 is 0 Å². The molecule has 1 heterocycles. The molecular weight excluding hydrogens is 154 g/mol. The van der Waals surface area contributed by atoms with Crippen molar-refractivity contribution >= 4 is 5.97 Å². The lowest BCUT2D eigenvalue weighted by Gasteiger charge is -2.30. The Morgan fingerprint density at radius 1 is 1.42 bits per heavy atom. The highest BCUT2D eigenvalue weighted by molar-refractivity contribution is 5.69. The molecule has 0 amide bonds. The first-order valence-electron chi connectivity index (χ1n) is 4.36. The molecule has 1 aliphatic heterocycles. The van der Waals surface area contributed by atoms with E-state index in [-0.39, 0.29) is 6.54 Å². The highest BCUT2D eigenvalue weighted by atomic mass is 16.4. The number of hydrogen-bond acceptors (Lipinski definition) is 2. The summed E-state index contributed by atoms with van der Waals surface area (Å²) in [4.78, 5) is 12.5. The van der Waals surface area contributed by atoms with Crippen molar-refractivity contribution in [1.29, 1.82) is 0 Å². The number of carboxylic acids is 1. The first-order valence-corrected chi connectivity index (χ1v) is 4.36. The third-order valence-electron chi connectivity index (χ3n) is 2.61. The molecule has 12 heavy (non-hydrogen) atoms. The maximum atomic E-state index is 10.4. The maximum Gasteiger partial charge on any atom is 0.317 e. The SMILES string of the molecule is O=C(O)CN1CC2C=CC(C2)C1. The van der Waals surface area contributed by atoms with Crippen molar-refractivity contribution in [2.75, 3.05) is 19.6 Å². The quantitative estimate of drug-likeness (QED) is 0.611. The molecule has 66 valence electrons. The van der Waals surface area contributed by atoms with Crippen LogP contribution in [-0.2, 0) is 4.79 Å². The van der Waals surface area contributed by atoms with Gasteiger partial charge in [-0.2, -0.15) is 0 Å². The number of likely N-dealkylation sites (tertiary alicyclic amines) is 1. The minimum absolute atomic E-state index is 0.203. The third-order valence-corrected chi connectivity index (χ3v) is 2.61. The summed E-state index contributed by atoms with van der Waals surface area (Å²) >= 11 is 0. The van der Waals surface area contributed by atoms with Gasteiger partial charge in [-0.15, -0.1) is 0 Å². The Morgan fingerprint density at radius 3 is 2.50 bits per heavy atom. The summed E-state index contributed by atoms with van der Waals surface area (Å²) in [6.45, 7) is 2.06. The Hall–Kier alpha value is -0.830. The first kappa shape index (κ1) is 7.80. The van der Waals surface area contributed by atoms with Gasteiger partial charge in [0.15, 0.2) is 0 Å². The normalized spacial score (nSPS) is 34.0. The van der Waals surface area contributed by atoms with Crippen molar-refractivity contribution in [3.63, 3.8) is 0 Å². The summed E-state index contributed by atoms with van der Waals surface area (Å²) < 4.78 is 0. The molecular formula is C9H13NO2. The van der Waals surface area contributed by atoms with Crippen molar-refractivity contribution in [2.24, 2.45) is 11.8 Å². The third kappa shape index (κ3) is 1.50. The lowest BCUT2D eigenvalue weighted by Crippen LogP contribution is -2.39. The summed E-state index contributed by atoms with van der Waals surface area (Å²) in [5.74, 6) is 0.516. The van der Waals surface area contributed by atoms with Crippen LogP contribution in [0.4, 0.5) is 0 Å². The maximum absolute atomic E-state index is 10.4. The minimum Gasteiger partial charge on any atom is -0.480 e. The van der Waals surface area contributed by atoms with Gasteiger partial charge in [-0.05, 0) is 18.3 Å². The summed E-state index contributed by atoms with van der Waals surface area (Å²) in [7, 11) is 0. The standard InChI is InChI=1S/C9H13NO2/c11-9(12)6-10-4-7-1-2-8(3-7)5-10/h1-2,7-8H,3-6H2,(H,11,12). The number of carboxylic acid groups (broad SMARTS) is 1. The van der Waals surface area contributed by atoms with E-state index in [1.54, 1.807) is 0 Å². The lowest BCUT2D eigenvalue weighted by molar-refractivity contribution is -0.138. The van der Waals surface area contributed by atoms with Crippen LogP contribution in [0.1, 0.15) is 6.42 Å². The van der Waals surface area contributed by atoms with Crippen molar-refractivity contribution in [3.8, 4) is 0 Å². The summed E-state index contributed by atoms with van der Waals surface area (Å²) in [5, 5.41) is 8.60. The predicted molar refractivity (Wildman–Crippen MR) is 44.8 cm³/mol. The van der Waals surface area contributed by atoms with Gasteiger partial charge in [-0.3, -0.25) is 9.69 Å². The fourth-order valence-corrected chi connectivity index (χ4v) is 2.19. The average molecular weight is 167 g/mol. The second kappa shape index (κ2) is 2.90. The van der Waals surface area contributed by atoms with Crippen LogP contribution in [-0.4, -0.2) is 35.6 Å². The van der Waals surface area contributed by atoms with Gasteiger partial charge in [-0.25, -0.2) is 0 Å². The molecule has 1 aliphatic carbocycles. The van der Waals surface area contributed by atoms with Gasteiger partial charge in [0.2, 0.25) is 0 Å². The molecule has 2 bridgehead atoms. The van der Waals surface area contributed by atoms with Crippen LogP contribution in [0.25, 0.3) is 0 Å². The zero-order valence-electron chi connectivity index (χ0n) is 6.94. The Labute approximate surface area is 71.7 Å². The summed E-state index contributed by atoms with van der Waals surface area (Å²) in [6.07, 6.45) is 5.69. The zero-order valence-corrected chi connectivity index (χ0v) is 6.94. The molecule has 0 spiro atoms. The molecule has 2 rings (SSSR count). The Bertz CT molecular complexity index is 211. The monoisotopic (exact) mass is 167 g/mol. The lowest BCUT2D eigenvalue weighted by atomic mass is 9.97. The van der Waals surface area contributed by atoms with Gasteiger partial charge in [0.05, 0.1) is 6.54 Å². The molecule has 2 unspecified atom stereocenters. The molecule has 1 saturated heterocycles. The largest absolute Gasteiger partial charge is 0.480 e. The number of piperidine rings is 1. The van der Waals surface area contributed by atoms with E-state index < -0.39 is 5.97 Å². The van der Waals surface area contributed by atoms with Gasteiger partial charge in [0, 0.05) is 13.1 Å². The highest BCUT2D eigenvalue weighted by Gasteiger charge is 2.29. The Morgan fingerprint density at radius 2 is 2.00 bits per heavy atom.